The van der Waals surface area contributed by atoms with E-state index in [1.807, 2.05) is 18.3 Å². The van der Waals surface area contributed by atoms with Gasteiger partial charge in [-0.3, -0.25) is 10.1 Å². The molecular weight excluding hydrogens is 174 g/mol. The second-order valence-electron chi connectivity index (χ2n) is 3.60. The number of hydrogen-bond donors (Lipinski definition) is 1. The van der Waals surface area contributed by atoms with Crippen LogP contribution in [0, 0.1) is 0 Å². The highest BCUT2D eigenvalue weighted by Gasteiger charge is 2.03. The first-order chi connectivity index (χ1) is 6.77. The van der Waals surface area contributed by atoms with Gasteiger partial charge in [0.15, 0.2) is 0 Å². The average Bonchev–Trinajstić information content (AvgIpc) is 2.71. The van der Waals surface area contributed by atoms with E-state index in [1.54, 1.807) is 6.20 Å². The van der Waals surface area contributed by atoms with E-state index in [4.69, 9.17) is 0 Å². The third-order valence-electron chi connectivity index (χ3n) is 2.23. The predicted molar refractivity (Wildman–Crippen MR) is 55.9 cm³/mol. The molecule has 0 aromatic carbocycles. The molecule has 0 saturated heterocycles. The van der Waals surface area contributed by atoms with Gasteiger partial charge in [0.25, 0.3) is 0 Å². The van der Waals surface area contributed by atoms with Crippen LogP contribution in [0.25, 0.3) is 11.4 Å². The molecule has 0 spiro atoms. The lowest BCUT2D eigenvalue weighted by Crippen LogP contribution is -1.90. The van der Waals surface area contributed by atoms with E-state index >= 15 is 0 Å². The van der Waals surface area contributed by atoms with Gasteiger partial charge in [0, 0.05) is 12.4 Å². The number of rotatable bonds is 2. The smallest absolute Gasteiger partial charge is 0.0883 e. The fourth-order valence-electron chi connectivity index (χ4n) is 1.35. The number of H-pyrrole nitrogens is 1. The number of hydrogen-bond acceptors (Lipinski definition) is 2. The van der Waals surface area contributed by atoms with Crippen molar-refractivity contribution in [2.24, 2.45) is 0 Å². The van der Waals surface area contributed by atoms with Crippen molar-refractivity contribution in [1.29, 1.82) is 0 Å². The molecule has 0 aliphatic rings. The van der Waals surface area contributed by atoms with E-state index in [-0.39, 0.29) is 0 Å². The van der Waals surface area contributed by atoms with Crippen LogP contribution in [0.5, 0.6) is 0 Å². The summed E-state index contributed by atoms with van der Waals surface area (Å²) in [5, 5.41) is 6.82. The van der Waals surface area contributed by atoms with Crippen LogP contribution in [0.3, 0.4) is 0 Å². The number of aromatic nitrogens is 3. The van der Waals surface area contributed by atoms with Gasteiger partial charge >= 0.3 is 0 Å². The molecule has 0 fully saturated rings. The fourth-order valence-corrected chi connectivity index (χ4v) is 1.35. The molecule has 2 heterocycles. The van der Waals surface area contributed by atoms with E-state index < -0.39 is 0 Å². The Hall–Kier alpha value is -1.64. The van der Waals surface area contributed by atoms with E-state index in [0.717, 1.165) is 11.4 Å². The Morgan fingerprint density at radius 3 is 2.71 bits per heavy atom. The molecule has 3 heteroatoms. The van der Waals surface area contributed by atoms with Crippen molar-refractivity contribution < 1.29 is 0 Å². The fraction of sp³-hybridized carbons (Fsp3) is 0.273. The number of pyridine rings is 1. The van der Waals surface area contributed by atoms with Crippen molar-refractivity contribution in [3.63, 3.8) is 0 Å². The minimum atomic E-state index is 0.527. The minimum Gasteiger partial charge on any atom is -0.276 e. The zero-order valence-electron chi connectivity index (χ0n) is 8.36. The minimum absolute atomic E-state index is 0.527. The van der Waals surface area contributed by atoms with E-state index in [2.05, 4.69) is 35.1 Å². The molecule has 2 rings (SSSR count). The van der Waals surface area contributed by atoms with E-state index in [1.165, 1.54) is 5.56 Å². The summed E-state index contributed by atoms with van der Waals surface area (Å²) >= 11 is 0. The zero-order chi connectivity index (χ0) is 9.97. The topological polar surface area (TPSA) is 41.6 Å². The number of aromatic amines is 1. The van der Waals surface area contributed by atoms with Crippen LogP contribution in [0.2, 0.25) is 0 Å². The van der Waals surface area contributed by atoms with Crippen LogP contribution >= 0.6 is 0 Å². The molecule has 14 heavy (non-hydrogen) atoms. The first-order valence-corrected chi connectivity index (χ1v) is 4.73. The largest absolute Gasteiger partial charge is 0.276 e. The third-order valence-corrected chi connectivity index (χ3v) is 2.23. The maximum absolute atomic E-state index is 4.29. The van der Waals surface area contributed by atoms with Gasteiger partial charge < -0.3 is 0 Å². The predicted octanol–water partition coefficient (Wildman–Crippen LogP) is 2.60. The first kappa shape index (κ1) is 8.94. The molecule has 0 atom stereocenters. The molecule has 3 nitrogen and oxygen atoms in total. The molecular formula is C11H13N3. The Morgan fingerprint density at radius 2 is 2.07 bits per heavy atom. The molecule has 1 N–H and O–H groups in total. The third kappa shape index (κ3) is 1.66. The second-order valence-corrected chi connectivity index (χ2v) is 3.60. The SMILES string of the molecule is CC(C)c1ccnc(-c2ccn[nH]2)c1. The van der Waals surface area contributed by atoms with Crippen LogP contribution < -0.4 is 0 Å². The lowest BCUT2D eigenvalue weighted by Gasteiger charge is -2.05. The molecule has 0 bridgehead atoms. The van der Waals surface area contributed by atoms with Crippen LogP contribution in [-0.4, -0.2) is 15.2 Å². The maximum atomic E-state index is 4.29. The van der Waals surface area contributed by atoms with Crippen molar-refractivity contribution in [3.05, 3.63) is 36.2 Å². The molecule has 0 unspecified atom stereocenters. The summed E-state index contributed by atoms with van der Waals surface area (Å²) in [5.74, 6) is 0.527. The van der Waals surface area contributed by atoms with Gasteiger partial charge in [-0.05, 0) is 29.7 Å². The molecule has 0 radical (unpaired) electrons. The molecule has 2 aromatic heterocycles. The average molecular weight is 187 g/mol. The van der Waals surface area contributed by atoms with Gasteiger partial charge in [0.05, 0.1) is 11.4 Å². The lowest BCUT2D eigenvalue weighted by atomic mass is 10.0. The van der Waals surface area contributed by atoms with Crippen LogP contribution in [-0.2, 0) is 0 Å². The first-order valence-electron chi connectivity index (χ1n) is 4.73. The van der Waals surface area contributed by atoms with Gasteiger partial charge in [0.2, 0.25) is 0 Å². The molecule has 72 valence electrons. The van der Waals surface area contributed by atoms with Crippen molar-refractivity contribution >= 4 is 0 Å². The molecule has 0 amide bonds. The molecule has 0 saturated carbocycles. The molecule has 0 aliphatic heterocycles. The highest BCUT2D eigenvalue weighted by atomic mass is 15.1. The van der Waals surface area contributed by atoms with Gasteiger partial charge in [-0.2, -0.15) is 5.10 Å². The second kappa shape index (κ2) is 3.62. The number of nitrogens with one attached hydrogen (secondary N) is 1. The summed E-state index contributed by atoms with van der Waals surface area (Å²) in [6.07, 6.45) is 3.57. The summed E-state index contributed by atoms with van der Waals surface area (Å²) in [6.45, 7) is 4.35. The Bertz CT molecular complexity index is 404. The van der Waals surface area contributed by atoms with Crippen LogP contribution in [0.4, 0.5) is 0 Å². The molecule has 0 aliphatic carbocycles. The van der Waals surface area contributed by atoms with Crippen LogP contribution in [0.1, 0.15) is 25.3 Å². The Labute approximate surface area is 83.2 Å². The summed E-state index contributed by atoms with van der Waals surface area (Å²) in [4.78, 5) is 4.29. The molecule has 2 aromatic rings. The van der Waals surface area contributed by atoms with Crippen molar-refractivity contribution in [3.8, 4) is 11.4 Å². The Kier molecular flexibility index (Phi) is 2.31. The van der Waals surface area contributed by atoms with E-state index in [9.17, 15) is 0 Å². The monoisotopic (exact) mass is 187 g/mol. The zero-order valence-corrected chi connectivity index (χ0v) is 8.36. The highest BCUT2D eigenvalue weighted by Crippen LogP contribution is 2.19. The Balaban J connectivity index is 2.41. The standard InChI is InChI=1S/C11H13N3/c1-8(2)9-3-5-12-11(7-9)10-4-6-13-14-10/h3-8H,1-2H3,(H,13,14). The maximum Gasteiger partial charge on any atom is 0.0883 e. The van der Waals surface area contributed by atoms with Gasteiger partial charge in [0.1, 0.15) is 0 Å². The van der Waals surface area contributed by atoms with Crippen molar-refractivity contribution in [1.82, 2.24) is 15.2 Å². The van der Waals surface area contributed by atoms with Crippen LogP contribution in [0.15, 0.2) is 30.6 Å². The summed E-state index contributed by atoms with van der Waals surface area (Å²) < 4.78 is 0. The van der Waals surface area contributed by atoms with E-state index in [0.29, 0.717) is 5.92 Å². The van der Waals surface area contributed by atoms with Gasteiger partial charge in [-0.15, -0.1) is 0 Å². The summed E-state index contributed by atoms with van der Waals surface area (Å²) in [5.41, 5.74) is 3.21. The summed E-state index contributed by atoms with van der Waals surface area (Å²) in [7, 11) is 0. The van der Waals surface area contributed by atoms with Crippen molar-refractivity contribution in [2.75, 3.05) is 0 Å². The Morgan fingerprint density at radius 1 is 1.21 bits per heavy atom. The summed E-state index contributed by atoms with van der Waals surface area (Å²) in [6, 6.07) is 6.06. The lowest BCUT2D eigenvalue weighted by molar-refractivity contribution is 0.863. The number of nitrogens with zero attached hydrogens (tertiary/aromatic N) is 2. The quantitative estimate of drug-likeness (QED) is 0.785. The highest BCUT2D eigenvalue weighted by molar-refractivity contribution is 5.54. The normalized spacial score (nSPS) is 10.8. The van der Waals surface area contributed by atoms with Crippen molar-refractivity contribution in [2.45, 2.75) is 19.8 Å². The van der Waals surface area contributed by atoms with Gasteiger partial charge in [-0.1, -0.05) is 13.8 Å². The van der Waals surface area contributed by atoms with Gasteiger partial charge in [-0.25, -0.2) is 0 Å².